The summed E-state index contributed by atoms with van der Waals surface area (Å²) in [5, 5.41) is 9.54. The van der Waals surface area contributed by atoms with Crippen LogP contribution in [0, 0.1) is 0 Å². The lowest BCUT2D eigenvalue weighted by Crippen LogP contribution is -2.25. The predicted octanol–water partition coefficient (Wildman–Crippen LogP) is 3.03. The molecule has 0 saturated carbocycles. The number of para-hydroxylation sites is 1. The average Bonchev–Trinajstić information content (AvgIpc) is 2.43. The van der Waals surface area contributed by atoms with Crippen molar-refractivity contribution in [2.45, 2.75) is 6.43 Å². The van der Waals surface area contributed by atoms with Gasteiger partial charge in [0.25, 0.3) is 6.43 Å². The first-order valence-corrected chi connectivity index (χ1v) is 6.27. The van der Waals surface area contributed by atoms with Crippen molar-refractivity contribution in [3.8, 4) is 0 Å². The first kappa shape index (κ1) is 14.9. The van der Waals surface area contributed by atoms with Crippen LogP contribution in [0.2, 0.25) is 0 Å². The van der Waals surface area contributed by atoms with Crippen LogP contribution >= 0.6 is 0 Å². The minimum atomic E-state index is -2.50. The topological polar surface area (TPSA) is 53.4 Å². The van der Waals surface area contributed by atoms with Gasteiger partial charge in [0.15, 0.2) is 0 Å². The lowest BCUT2D eigenvalue weighted by Gasteiger charge is -2.20. The minimum Gasteiger partial charge on any atom is -0.478 e. The number of alkyl halides is 2. The smallest absolute Gasteiger partial charge is 0.328 e. The number of carboxylic acids is 1. The quantitative estimate of drug-likeness (QED) is 0.861. The van der Waals surface area contributed by atoms with Crippen molar-refractivity contribution >= 4 is 28.8 Å². The lowest BCUT2D eigenvalue weighted by atomic mass is 10.1. The number of hydrogen-bond donors (Lipinski definition) is 1. The van der Waals surface area contributed by atoms with E-state index in [1.54, 1.807) is 18.2 Å². The Balaban J connectivity index is 2.52. The highest BCUT2D eigenvalue weighted by Gasteiger charge is 2.14. The molecule has 1 N–H and O–H groups in total. The molecule has 0 aliphatic heterocycles. The van der Waals surface area contributed by atoms with Gasteiger partial charge in [0.2, 0.25) is 0 Å². The maximum atomic E-state index is 12.5. The third kappa shape index (κ3) is 3.75. The standard InChI is InChI=1S/C15H14F2N2O2/c1-19(9-13(16)17)15-11(6-7-14(20)21)8-10-4-2-3-5-12(10)18-15/h2-8,13H,9H2,1H3,(H,20,21)/b7-6+. The molecule has 1 heterocycles. The molecule has 0 aliphatic carbocycles. The summed E-state index contributed by atoms with van der Waals surface area (Å²) in [6.07, 6.45) is -0.176. The number of carboxylic acid groups (broad SMARTS) is 1. The fourth-order valence-corrected chi connectivity index (χ4v) is 2.01. The summed E-state index contributed by atoms with van der Waals surface area (Å²) in [6.45, 7) is -0.473. The second-order valence-corrected chi connectivity index (χ2v) is 4.54. The van der Waals surface area contributed by atoms with Crippen LogP contribution in [0.15, 0.2) is 36.4 Å². The van der Waals surface area contributed by atoms with Crippen LogP contribution in [0.25, 0.3) is 17.0 Å². The highest BCUT2D eigenvalue weighted by molar-refractivity contribution is 5.90. The van der Waals surface area contributed by atoms with Crippen LogP contribution in [0.3, 0.4) is 0 Å². The van der Waals surface area contributed by atoms with Gasteiger partial charge in [-0.2, -0.15) is 0 Å². The third-order valence-corrected chi connectivity index (χ3v) is 2.91. The fourth-order valence-electron chi connectivity index (χ4n) is 2.01. The zero-order valence-electron chi connectivity index (χ0n) is 11.3. The van der Waals surface area contributed by atoms with Crippen molar-refractivity contribution in [1.29, 1.82) is 0 Å². The van der Waals surface area contributed by atoms with E-state index < -0.39 is 18.9 Å². The van der Waals surface area contributed by atoms with Gasteiger partial charge in [0, 0.05) is 24.1 Å². The Morgan fingerprint density at radius 3 is 2.81 bits per heavy atom. The summed E-state index contributed by atoms with van der Waals surface area (Å²) in [5.74, 6) is -0.780. The maximum Gasteiger partial charge on any atom is 0.328 e. The Labute approximate surface area is 120 Å². The molecule has 110 valence electrons. The van der Waals surface area contributed by atoms with Crippen molar-refractivity contribution in [2.75, 3.05) is 18.5 Å². The van der Waals surface area contributed by atoms with Gasteiger partial charge >= 0.3 is 5.97 Å². The molecule has 1 aromatic heterocycles. The second kappa shape index (κ2) is 6.30. The van der Waals surface area contributed by atoms with Gasteiger partial charge < -0.3 is 10.0 Å². The van der Waals surface area contributed by atoms with E-state index in [0.717, 1.165) is 11.5 Å². The lowest BCUT2D eigenvalue weighted by molar-refractivity contribution is -0.131. The summed E-state index contributed by atoms with van der Waals surface area (Å²) < 4.78 is 25.1. The Kier molecular flexibility index (Phi) is 4.47. The molecule has 0 fully saturated rings. The summed E-state index contributed by atoms with van der Waals surface area (Å²) in [6, 6.07) is 8.98. The maximum absolute atomic E-state index is 12.5. The zero-order valence-corrected chi connectivity index (χ0v) is 11.3. The molecule has 0 spiro atoms. The van der Waals surface area contributed by atoms with Gasteiger partial charge in [0.05, 0.1) is 12.1 Å². The molecule has 2 rings (SSSR count). The average molecular weight is 292 g/mol. The Bertz CT molecular complexity index is 686. The van der Waals surface area contributed by atoms with Crippen molar-refractivity contribution in [3.63, 3.8) is 0 Å². The number of anilines is 1. The molecular weight excluding hydrogens is 278 g/mol. The van der Waals surface area contributed by atoms with Crippen molar-refractivity contribution in [1.82, 2.24) is 4.98 Å². The molecule has 0 bridgehead atoms. The van der Waals surface area contributed by atoms with Gasteiger partial charge in [-0.1, -0.05) is 18.2 Å². The van der Waals surface area contributed by atoms with Gasteiger partial charge in [-0.05, 0) is 18.2 Å². The molecule has 0 unspecified atom stereocenters. The number of aromatic nitrogens is 1. The molecule has 6 heteroatoms. The highest BCUT2D eigenvalue weighted by atomic mass is 19.3. The summed E-state index contributed by atoms with van der Waals surface area (Å²) >= 11 is 0. The highest BCUT2D eigenvalue weighted by Crippen LogP contribution is 2.24. The van der Waals surface area contributed by atoms with Crippen LogP contribution in [-0.2, 0) is 4.79 Å². The van der Waals surface area contributed by atoms with E-state index in [0.29, 0.717) is 16.9 Å². The van der Waals surface area contributed by atoms with E-state index in [9.17, 15) is 13.6 Å². The first-order valence-electron chi connectivity index (χ1n) is 6.27. The SMILES string of the molecule is CN(CC(F)F)c1nc2ccccc2cc1/C=C/C(=O)O. The van der Waals surface area contributed by atoms with E-state index in [2.05, 4.69) is 4.98 Å². The van der Waals surface area contributed by atoms with E-state index >= 15 is 0 Å². The van der Waals surface area contributed by atoms with Crippen LogP contribution in [0.5, 0.6) is 0 Å². The molecule has 1 aromatic carbocycles. The van der Waals surface area contributed by atoms with Crippen LogP contribution in [0.4, 0.5) is 14.6 Å². The number of hydrogen-bond acceptors (Lipinski definition) is 3. The van der Waals surface area contributed by atoms with Crippen LogP contribution in [-0.4, -0.2) is 36.1 Å². The number of fused-ring (bicyclic) bond motifs is 1. The summed E-state index contributed by atoms with van der Waals surface area (Å²) in [4.78, 5) is 16.3. The number of pyridine rings is 1. The molecule has 21 heavy (non-hydrogen) atoms. The van der Waals surface area contributed by atoms with Crippen molar-refractivity contribution in [2.24, 2.45) is 0 Å². The van der Waals surface area contributed by atoms with Gasteiger partial charge in [-0.25, -0.2) is 18.6 Å². The molecule has 0 aliphatic rings. The molecule has 2 aromatic rings. The molecule has 0 atom stereocenters. The van der Waals surface area contributed by atoms with Crippen LogP contribution < -0.4 is 4.90 Å². The van der Waals surface area contributed by atoms with E-state index in [-0.39, 0.29) is 0 Å². The number of carbonyl (C=O) groups is 1. The summed E-state index contributed by atoms with van der Waals surface area (Å²) in [5.41, 5.74) is 1.15. The normalized spacial score (nSPS) is 11.4. The summed E-state index contributed by atoms with van der Waals surface area (Å²) in [7, 11) is 1.50. The van der Waals surface area contributed by atoms with Gasteiger partial charge in [-0.15, -0.1) is 0 Å². The molecular formula is C15H14F2N2O2. The van der Waals surface area contributed by atoms with E-state index in [4.69, 9.17) is 5.11 Å². The van der Waals surface area contributed by atoms with Crippen molar-refractivity contribution in [3.05, 3.63) is 42.0 Å². The molecule has 0 radical (unpaired) electrons. The fraction of sp³-hybridized carbons (Fsp3) is 0.200. The predicted molar refractivity (Wildman–Crippen MR) is 77.7 cm³/mol. The number of aliphatic carboxylic acids is 1. The Hall–Kier alpha value is -2.50. The zero-order chi connectivity index (χ0) is 15.4. The number of benzene rings is 1. The molecule has 0 amide bonds. The largest absolute Gasteiger partial charge is 0.478 e. The Morgan fingerprint density at radius 2 is 2.14 bits per heavy atom. The second-order valence-electron chi connectivity index (χ2n) is 4.54. The number of rotatable bonds is 5. The van der Waals surface area contributed by atoms with E-state index in [1.165, 1.54) is 18.0 Å². The third-order valence-electron chi connectivity index (χ3n) is 2.91. The number of halogens is 2. The van der Waals surface area contributed by atoms with Crippen LogP contribution in [0.1, 0.15) is 5.56 Å². The first-order chi connectivity index (χ1) is 9.97. The van der Waals surface area contributed by atoms with E-state index in [1.807, 2.05) is 12.1 Å². The Morgan fingerprint density at radius 1 is 1.43 bits per heavy atom. The monoisotopic (exact) mass is 292 g/mol. The molecule has 4 nitrogen and oxygen atoms in total. The minimum absolute atomic E-state index is 0.325. The molecule has 0 saturated heterocycles. The van der Waals surface area contributed by atoms with Gasteiger partial charge in [0.1, 0.15) is 5.82 Å². The number of nitrogens with zero attached hydrogens (tertiary/aromatic N) is 2. The van der Waals surface area contributed by atoms with Gasteiger partial charge in [-0.3, -0.25) is 0 Å². The van der Waals surface area contributed by atoms with Crippen molar-refractivity contribution < 1.29 is 18.7 Å².